The lowest BCUT2D eigenvalue weighted by atomic mass is 9.96. The summed E-state index contributed by atoms with van der Waals surface area (Å²) in [7, 11) is 0. The minimum Gasteiger partial charge on any atom is -0.296 e. The molecule has 12 heavy (non-hydrogen) atoms. The van der Waals surface area contributed by atoms with Crippen molar-refractivity contribution in [3.63, 3.8) is 0 Å². The van der Waals surface area contributed by atoms with Crippen LogP contribution in [0.2, 0.25) is 0 Å². The van der Waals surface area contributed by atoms with E-state index >= 15 is 0 Å². The van der Waals surface area contributed by atoms with Crippen molar-refractivity contribution in [2.45, 2.75) is 20.8 Å². The van der Waals surface area contributed by atoms with E-state index in [-0.39, 0.29) is 11.3 Å². The van der Waals surface area contributed by atoms with Gasteiger partial charge in [0.15, 0.2) is 0 Å². The SMILES string of the molecule is CC(C)(C)CN1C(=O)CSC1=S. The first-order valence-electron chi connectivity index (χ1n) is 3.87. The summed E-state index contributed by atoms with van der Waals surface area (Å²) in [4.78, 5) is 13.0. The second-order valence-electron chi connectivity index (χ2n) is 4.10. The lowest BCUT2D eigenvalue weighted by molar-refractivity contribution is -0.124. The summed E-state index contributed by atoms with van der Waals surface area (Å²) in [5.41, 5.74) is 0.130. The maximum absolute atomic E-state index is 11.3. The Morgan fingerprint density at radius 2 is 2.17 bits per heavy atom. The largest absolute Gasteiger partial charge is 0.296 e. The summed E-state index contributed by atoms with van der Waals surface area (Å²) in [6.07, 6.45) is 0. The summed E-state index contributed by atoms with van der Waals surface area (Å²) < 4.78 is 0.731. The van der Waals surface area contributed by atoms with Crippen LogP contribution in [-0.4, -0.2) is 27.4 Å². The molecule has 2 nitrogen and oxygen atoms in total. The molecular formula is C8H13NOS2. The first kappa shape index (κ1) is 9.99. The monoisotopic (exact) mass is 203 g/mol. The molecule has 1 rings (SSSR count). The van der Waals surface area contributed by atoms with Crippen molar-refractivity contribution >= 4 is 34.2 Å². The molecule has 68 valence electrons. The van der Waals surface area contributed by atoms with Gasteiger partial charge in [-0.1, -0.05) is 44.8 Å². The molecule has 1 aliphatic rings. The Labute approximate surface area is 82.7 Å². The molecule has 0 radical (unpaired) electrons. The number of thioether (sulfide) groups is 1. The van der Waals surface area contributed by atoms with Gasteiger partial charge < -0.3 is 0 Å². The number of carbonyl (C=O) groups excluding carboxylic acids is 1. The molecule has 1 fully saturated rings. The highest BCUT2D eigenvalue weighted by Gasteiger charge is 2.29. The van der Waals surface area contributed by atoms with E-state index in [1.165, 1.54) is 11.8 Å². The van der Waals surface area contributed by atoms with Gasteiger partial charge in [0.05, 0.1) is 5.75 Å². The van der Waals surface area contributed by atoms with Gasteiger partial charge in [0.2, 0.25) is 5.91 Å². The quantitative estimate of drug-likeness (QED) is 0.607. The first-order chi connectivity index (χ1) is 5.40. The van der Waals surface area contributed by atoms with Crippen LogP contribution in [-0.2, 0) is 4.79 Å². The van der Waals surface area contributed by atoms with Crippen LogP contribution in [0.3, 0.4) is 0 Å². The van der Waals surface area contributed by atoms with Crippen LogP contribution in [0.15, 0.2) is 0 Å². The van der Waals surface area contributed by atoms with Crippen LogP contribution in [0.25, 0.3) is 0 Å². The maximum atomic E-state index is 11.3. The molecule has 1 saturated heterocycles. The van der Waals surface area contributed by atoms with Crippen LogP contribution in [0.1, 0.15) is 20.8 Å². The number of nitrogens with zero attached hydrogens (tertiary/aromatic N) is 1. The number of amides is 1. The summed E-state index contributed by atoms with van der Waals surface area (Å²) >= 11 is 6.52. The van der Waals surface area contributed by atoms with Crippen molar-refractivity contribution in [1.82, 2.24) is 4.90 Å². The third-order valence-electron chi connectivity index (χ3n) is 1.47. The van der Waals surface area contributed by atoms with Crippen molar-refractivity contribution in [2.75, 3.05) is 12.3 Å². The van der Waals surface area contributed by atoms with E-state index in [0.29, 0.717) is 5.75 Å². The lowest BCUT2D eigenvalue weighted by Gasteiger charge is -2.25. The first-order valence-corrected chi connectivity index (χ1v) is 5.27. The molecule has 0 aromatic heterocycles. The van der Waals surface area contributed by atoms with E-state index in [4.69, 9.17) is 12.2 Å². The summed E-state index contributed by atoms with van der Waals surface area (Å²) in [5, 5.41) is 0. The Morgan fingerprint density at radius 3 is 2.50 bits per heavy atom. The molecule has 1 heterocycles. The molecule has 0 unspecified atom stereocenters. The molecular weight excluding hydrogens is 190 g/mol. The third kappa shape index (κ3) is 2.45. The van der Waals surface area contributed by atoms with Gasteiger partial charge >= 0.3 is 0 Å². The van der Waals surface area contributed by atoms with Gasteiger partial charge in [-0.2, -0.15) is 0 Å². The maximum Gasteiger partial charge on any atom is 0.238 e. The van der Waals surface area contributed by atoms with Gasteiger partial charge in [0.25, 0.3) is 0 Å². The zero-order valence-electron chi connectivity index (χ0n) is 7.59. The Kier molecular flexibility index (Phi) is 2.78. The van der Waals surface area contributed by atoms with E-state index in [0.717, 1.165) is 10.9 Å². The molecule has 0 aliphatic carbocycles. The molecule has 4 heteroatoms. The van der Waals surface area contributed by atoms with Crippen molar-refractivity contribution in [3.8, 4) is 0 Å². The lowest BCUT2D eigenvalue weighted by Crippen LogP contribution is -2.36. The normalized spacial score (nSPS) is 19.1. The van der Waals surface area contributed by atoms with Gasteiger partial charge in [-0.25, -0.2) is 0 Å². The Morgan fingerprint density at radius 1 is 1.58 bits per heavy atom. The summed E-state index contributed by atoms with van der Waals surface area (Å²) in [5.74, 6) is 0.675. The second kappa shape index (κ2) is 3.34. The average molecular weight is 203 g/mol. The van der Waals surface area contributed by atoms with Gasteiger partial charge in [0, 0.05) is 6.54 Å². The van der Waals surface area contributed by atoms with E-state index in [2.05, 4.69) is 20.8 Å². The molecule has 0 saturated carbocycles. The molecule has 0 aromatic rings. The third-order valence-corrected chi connectivity index (χ3v) is 2.91. The van der Waals surface area contributed by atoms with Crippen LogP contribution < -0.4 is 0 Å². The number of hydrogen-bond donors (Lipinski definition) is 0. The number of hydrogen-bond acceptors (Lipinski definition) is 3. The highest BCUT2D eigenvalue weighted by molar-refractivity contribution is 8.23. The van der Waals surface area contributed by atoms with Crippen molar-refractivity contribution in [2.24, 2.45) is 5.41 Å². The molecule has 1 amide bonds. The van der Waals surface area contributed by atoms with Crippen LogP contribution in [0.5, 0.6) is 0 Å². The second-order valence-corrected chi connectivity index (χ2v) is 5.70. The van der Waals surface area contributed by atoms with Crippen molar-refractivity contribution < 1.29 is 4.79 Å². The minimum atomic E-state index is 0.130. The van der Waals surface area contributed by atoms with Crippen LogP contribution in [0.4, 0.5) is 0 Å². The average Bonchev–Trinajstić information content (AvgIpc) is 2.16. The van der Waals surface area contributed by atoms with Gasteiger partial charge in [-0.05, 0) is 5.41 Å². The van der Waals surface area contributed by atoms with Crippen molar-refractivity contribution in [1.29, 1.82) is 0 Å². The molecule has 0 spiro atoms. The van der Waals surface area contributed by atoms with Gasteiger partial charge in [-0.3, -0.25) is 9.69 Å². The fourth-order valence-corrected chi connectivity index (χ4v) is 2.08. The van der Waals surface area contributed by atoms with E-state index < -0.39 is 0 Å². The van der Waals surface area contributed by atoms with Gasteiger partial charge in [-0.15, -0.1) is 0 Å². The molecule has 1 aliphatic heterocycles. The van der Waals surface area contributed by atoms with Crippen LogP contribution >= 0.6 is 24.0 Å². The number of carbonyl (C=O) groups is 1. The van der Waals surface area contributed by atoms with E-state index in [1.807, 2.05) is 0 Å². The van der Waals surface area contributed by atoms with Crippen molar-refractivity contribution in [3.05, 3.63) is 0 Å². The number of thiocarbonyl (C=S) groups is 1. The minimum absolute atomic E-state index is 0.130. The Hall–Kier alpha value is -0.0900. The standard InChI is InChI=1S/C8H13NOS2/c1-8(2,3)5-9-6(10)4-12-7(9)11/h4-5H2,1-3H3. The molecule has 0 N–H and O–H groups in total. The topological polar surface area (TPSA) is 20.3 Å². The van der Waals surface area contributed by atoms with Crippen LogP contribution in [0, 0.1) is 5.41 Å². The molecule has 0 aromatic carbocycles. The predicted molar refractivity (Wildman–Crippen MR) is 56.2 cm³/mol. The summed E-state index contributed by atoms with van der Waals surface area (Å²) in [6.45, 7) is 7.04. The fraction of sp³-hybridized carbons (Fsp3) is 0.750. The van der Waals surface area contributed by atoms with Gasteiger partial charge in [0.1, 0.15) is 4.32 Å². The zero-order valence-corrected chi connectivity index (χ0v) is 9.22. The fourth-order valence-electron chi connectivity index (χ4n) is 1.01. The van der Waals surface area contributed by atoms with E-state index in [9.17, 15) is 4.79 Å². The highest BCUT2D eigenvalue weighted by Crippen LogP contribution is 2.24. The Bertz CT molecular complexity index is 204. The molecule has 0 atom stereocenters. The highest BCUT2D eigenvalue weighted by atomic mass is 32.2. The number of rotatable bonds is 1. The smallest absolute Gasteiger partial charge is 0.238 e. The zero-order chi connectivity index (χ0) is 9.35. The molecule has 0 bridgehead atoms. The Balaban J connectivity index is 2.62. The predicted octanol–water partition coefficient (Wildman–Crippen LogP) is 1.89. The summed E-state index contributed by atoms with van der Waals surface area (Å²) in [6, 6.07) is 0. The van der Waals surface area contributed by atoms with E-state index in [1.54, 1.807) is 4.90 Å².